The number of hydrogen-bond donors (Lipinski definition) is 0. The highest BCUT2D eigenvalue weighted by atomic mass is 35.5. The Morgan fingerprint density at radius 3 is 1.09 bits per heavy atom. The average Bonchev–Trinajstić information content (AvgIpc) is 3.17. The van der Waals surface area contributed by atoms with Crippen molar-refractivity contribution in [3.05, 3.63) is 58.7 Å². The monoisotopic (exact) mass is 454 g/mol. The Morgan fingerprint density at radius 2 is 0.875 bits per heavy atom. The summed E-state index contributed by atoms with van der Waals surface area (Å²) in [6, 6.07) is 13.7. The fraction of sp³-hybridized carbons (Fsp3) is 0.586. The molecule has 1 aliphatic rings. The fourth-order valence-electron chi connectivity index (χ4n) is 5.32. The minimum absolute atomic E-state index is 0.00189. The third-order valence-electron chi connectivity index (χ3n) is 6.89. The zero-order chi connectivity index (χ0) is 23.7. The number of para-hydroxylation sites is 2. The number of nitrogens with zero attached hydrogens (tertiary/aromatic N) is 2. The third kappa shape index (κ3) is 4.67. The second-order valence-electron chi connectivity index (χ2n) is 10.7. The molecule has 176 valence electrons. The Bertz CT molecular complexity index is 789. The molecule has 1 heterocycles. The third-order valence-corrected chi connectivity index (χ3v) is 7.12. The van der Waals surface area contributed by atoms with Crippen LogP contribution in [0.3, 0.4) is 0 Å². The zero-order valence-corrected chi connectivity index (χ0v) is 22.4. The van der Waals surface area contributed by atoms with E-state index in [1.54, 1.807) is 0 Å². The smallest absolute Gasteiger partial charge is 0.118 e. The van der Waals surface area contributed by atoms with E-state index in [9.17, 15) is 0 Å². The lowest BCUT2D eigenvalue weighted by Gasteiger charge is -2.39. The van der Waals surface area contributed by atoms with Gasteiger partial charge in [0.2, 0.25) is 0 Å². The molecular weight excluding hydrogens is 412 g/mol. The highest BCUT2D eigenvalue weighted by molar-refractivity contribution is 6.21. The molecule has 2 nitrogen and oxygen atoms in total. The van der Waals surface area contributed by atoms with Gasteiger partial charge in [0.15, 0.2) is 0 Å². The maximum atomic E-state index is 7.02. The molecule has 2 aromatic carbocycles. The highest BCUT2D eigenvalue weighted by Crippen LogP contribution is 2.43. The number of rotatable bonds is 7. The molecule has 1 fully saturated rings. The van der Waals surface area contributed by atoms with Crippen LogP contribution in [0.1, 0.15) is 108 Å². The molecule has 0 amide bonds. The first-order valence-corrected chi connectivity index (χ1v) is 12.9. The van der Waals surface area contributed by atoms with E-state index in [1.807, 2.05) is 0 Å². The first kappa shape index (κ1) is 25.0. The van der Waals surface area contributed by atoms with Crippen molar-refractivity contribution in [1.82, 2.24) is 0 Å². The average molecular weight is 455 g/mol. The van der Waals surface area contributed by atoms with Crippen LogP contribution >= 0.6 is 11.6 Å². The van der Waals surface area contributed by atoms with Crippen molar-refractivity contribution < 1.29 is 0 Å². The summed E-state index contributed by atoms with van der Waals surface area (Å²) in [6.45, 7) is 22.6. The van der Waals surface area contributed by atoms with E-state index in [1.165, 1.54) is 33.6 Å². The fourth-order valence-corrected chi connectivity index (χ4v) is 5.59. The summed E-state index contributed by atoms with van der Waals surface area (Å²) in [6.07, 6.45) is 0.131. The number of alkyl halides is 1. The summed E-state index contributed by atoms with van der Waals surface area (Å²) in [5, 5.41) is -0.00189. The van der Waals surface area contributed by atoms with Gasteiger partial charge in [-0.1, -0.05) is 91.8 Å². The normalized spacial score (nSPS) is 16.3. The lowest BCUT2D eigenvalue weighted by atomic mass is 9.91. The Labute approximate surface area is 202 Å². The van der Waals surface area contributed by atoms with Gasteiger partial charge in [0.25, 0.3) is 0 Å². The summed E-state index contributed by atoms with van der Waals surface area (Å²) in [7, 11) is 0. The molecule has 0 aromatic heterocycles. The molecule has 3 heteroatoms. The van der Waals surface area contributed by atoms with Crippen LogP contribution in [0.5, 0.6) is 0 Å². The van der Waals surface area contributed by atoms with Crippen molar-refractivity contribution in [2.24, 2.45) is 0 Å². The summed E-state index contributed by atoms with van der Waals surface area (Å²) in [5.41, 5.74) is 8.54. The summed E-state index contributed by atoms with van der Waals surface area (Å²) >= 11 is 7.02. The number of benzene rings is 2. The molecule has 0 N–H and O–H groups in total. The second kappa shape index (κ2) is 10.1. The van der Waals surface area contributed by atoms with Crippen LogP contribution in [0, 0.1) is 0 Å². The minimum Gasteiger partial charge on any atom is -0.348 e. The number of hydrogen-bond acceptors (Lipinski definition) is 2. The molecule has 0 aliphatic carbocycles. The van der Waals surface area contributed by atoms with E-state index in [0.29, 0.717) is 23.7 Å². The van der Waals surface area contributed by atoms with Crippen LogP contribution < -0.4 is 9.80 Å². The van der Waals surface area contributed by atoms with E-state index in [2.05, 4.69) is 109 Å². The van der Waals surface area contributed by atoms with Gasteiger partial charge in [-0.05, 0) is 52.8 Å². The van der Waals surface area contributed by atoms with E-state index < -0.39 is 0 Å². The van der Waals surface area contributed by atoms with Gasteiger partial charge in [-0.2, -0.15) is 0 Å². The standard InChI is InChI=1S/C29H43ClN2/c1-18(2)23-12-10-13-24(19(3)4)27(23)31-16-17-32(29(31)22(9)30)28-25(20(5)6)14-11-15-26(28)21(7)8/h10-15,18-22,29H,16-17H2,1-9H3/t22-/m0/s1. The summed E-state index contributed by atoms with van der Waals surface area (Å²) < 4.78 is 0. The van der Waals surface area contributed by atoms with Crippen molar-refractivity contribution >= 4 is 23.0 Å². The summed E-state index contributed by atoms with van der Waals surface area (Å²) in [5.74, 6) is 1.88. The molecule has 0 radical (unpaired) electrons. The predicted molar refractivity (Wildman–Crippen MR) is 143 cm³/mol. The van der Waals surface area contributed by atoms with Gasteiger partial charge in [-0.3, -0.25) is 0 Å². The van der Waals surface area contributed by atoms with Gasteiger partial charge in [-0.25, -0.2) is 0 Å². The van der Waals surface area contributed by atoms with Crippen LogP contribution in [0.15, 0.2) is 36.4 Å². The SMILES string of the molecule is CC(C)c1cccc(C(C)C)c1N1CCN(c2c(C(C)C)cccc2C(C)C)C1[C@H](C)Cl. The molecule has 32 heavy (non-hydrogen) atoms. The lowest BCUT2D eigenvalue weighted by Crippen LogP contribution is -2.46. The first-order chi connectivity index (χ1) is 15.1. The molecular formula is C29H43ClN2. The minimum atomic E-state index is -0.00189. The molecule has 1 saturated heterocycles. The molecule has 0 saturated carbocycles. The molecule has 3 rings (SSSR count). The van der Waals surface area contributed by atoms with Gasteiger partial charge in [0.1, 0.15) is 6.17 Å². The van der Waals surface area contributed by atoms with Crippen molar-refractivity contribution in [3.8, 4) is 0 Å². The van der Waals surface area contributed by atoms with E-state index >= 15 is 0 Å². The molecule has 0 unspecified atom stereocenters. The van der Waals surface area contributed by atoms with Crippen molar-refractivity contribution in [2.75, 3.05) is 22.9 Å². The quantitative estimate of drug-likeness (QED) is 0.387. The van der Waals surface area contributed by atoms with Gasteiger partial charge < -0.3 is 9.80 Å². The van der Waals surface area contributed by atoms with Gasteiger partial charge in [0.05, 0.1) is 5.38 Å². The molecule has 0 spiro atoms. The molecule has 0 bridgehead atoms. The van der Waals surface area contributed by atoms with Crippen LogP contribution in [-0.2, 0) is 0 Å². The maximum Gasteiger partial charge on any atom is 0.118 e. The summed E-state index contributed by atoms with van der Waals surface area (Å²) in [4.78, 5) is 5.23. The highest BCUT2D eigenvalue weighted by Gasteiger charge is 2.39. The van der Waals surface area contributed by atoms with E-state index in [0.717, 1.165) is 13.1 Å². The Balaban J connectivity index is 2.20. The molecule has 1 atom stereocenters. The largest absolute Gasteiger partial charge is 0.348 e. The van der Waals surface area contributed by atoms with Gasteiger partial charge >= 0.3 is 0 Å². The van der Waals surface area contributed by atoms with Crippen molar-refractivity contribution in [3.63, 3.8) is 0 Å². The topological polar surface area (TPSA) is 6.48 Å². The Kier molecular flexibility index (Phi) is 7.86. The second-order valence-corrected chi connectivity index (χ2v) is 11.4. The Hall–Kier alpha value is -1.67. The lowest BCUT2D eigenvalue weighted by molar-refractivity contribution is 0.636. The van der Waals surface area contributed by atoms with Crippen LogP contribution in [0.25, 0.3) is 0 Å². The maximum absolute atomic E-state index is 7.02. The van der Waals surface area contributed by atoms with Crippen LogP contribution in [0.2, 0.25) is 0 Å². The van der Waals surface area contributed by atoms with Gasteiger partial charge in [0, 0.05) is 24.5 Å². The zero-order valence-electron chi connectivity index (χ0n) is 21.6. The van der Waals surface area contributed by atoms with Crippen molar-refractivity contribution in [2.45, 2.75) is 97.5 Å². The molecule has 1 aliphatic heterocycles. The van der Waals surface area contributed by atoms with E-state index in [4.69, 9.17) is 11.6 Å². The van der Waals surface area contributed by atoms with Crippen LogP contribution in [-0.4, -0.2) is 24.6 Å². The number of anilines is 2. The van der Waals surface area contributed by atoms with E-state index in [-0.39, 0.29) is 11.5 Å². The van der Waals surface area contributed by atoms with Crippen molar-refractivity contribution in [1.29, 1.82) is 0 Å². The van der Waals surface area contributed by atoms with Crippen LogP contribution in [0.4, 0.5) is 11.4 Å². The Morgan fingerprint density at radius 1 is 0.594 bits per heavy atom. The predicted octanol–water partition coefficient (Wildman–Crippen LogP) is 8.46. The first-order valence-electron chi connectivity index (χ1n) is 12.5. The number of halogens is 1. The molecule has 2 aromatic rings. The van der Waals surface area contributed by atoms with Gasteiger partial charge in [-0.15, -0.1) is 11.6 Å².